The number of hydrogen-bond acceptors (Lipinski definition) is 4. The zero-order valence-corrected chi connectivity index (χ0v) is 17.0. The van der Waals surface area contributed by atoms with Crippen molar-refractivity contribution in [2.24, 2.45) is 11.8 Å². The van der Waals surface area contributed by atoms with Crippen molar-refractivity contribution < 1.29 is 14.3 Å². The van der Waals surface area contributed by atoms with Crippen molar-refractivity contribution in [3.63, 3.8) is 0 Å². The van der Waals surface area contributed by atoms with Gasteiger partial charge in [0.25, 0.3) is 0 Å². The molecule has 2 saturated heterocycles. The summed E-state index contributed by atoms with van der Waals surface area (Å²) in [5.74, 6) is 1.34. The average molecular weight is 396 g/mol. The van der Waals surface area contributed by atoms with Crippen molar-refractivity contribution in [3.8, 4) is 5.75 Å². The third-order valence-electron chi connectivity index (χ3n) is 5.42. The van der Waals surface area contributed by atoms with Crippen LogP contribution >= 0.6 is 12.4 Å². The molecule has 0 radical (unpaired) electrons. The first-order valence-electron chi connectivity index (χ1n) is 9.44. The van der Waals surface area contributed by atoms with E-state index in [1.165, 1.54) is 0 Å². The first-order chi connectivity index (χ1) is 12.6. The number of piperidine rings is 1. The van der Waals surface area contributed by atoms with E-state index in [9.17, 15) is 9.59 Å². The summed E-state index contributed by atoms with van der Waals surface area (Å²) >= 11 is 0. The van der Waals surface area contributed by atoms with Gasteiger partial charge in [0.1, 0.15) is 5.75 Å². The highest BCUT2D eigenvalue weighted by Gasteiger charge is 2.37. The van der Waals surface area contributed by atoms with Crippen LogP contribution in [0.2, 0.25) is 0 Å². The topological polar surface area (TPSA) is 61.9 Å². The third-order valence-corrected chi connectivity index (χ3v) is 5.42. The van der Waals surface area contributed by atoms with Crippen molar-refractivity contribution in [1.82, 2.24) is 15.1 Å². The number of nitrogens with zero attached hydrogens (tertiary/aromatic N) is 2. The third kappa shape index (κ3) is 5.36. The molecule has 2 aliphatic heterocycles. The van der Waals surface area contributed by atoms with Crippen LogP contribution in [-0.2, 0) is 16.1 Å². The lowest BCUT2D eigenvalue weighted by molar-refractivity contribution is -0.137. The SMILES string of the molecule is CNCC1CCCN(C(=O)C2CC(=O)N(Cc3ccc(OC)cc3)C2)C1.Cl. The molecule has 2 heterocycles. The summed E-state index contributed by atoms with van der Waals surface area (Å²) in [6.07, 6.45) is 2.55. The summed E-state index contributed by atoms with van der Waals surface area (Å²) in [6.45, 7) is 3.65. The Labute approximate surface area is 167 Å². The molecular formula is C20H30ClN3O3. The Bertz CT molecular complexity index is 636. The number of rotatable bonds is 6. The zero-order valence-electron chi connectivity index (χ0n) is 16.1. The molecule has 0 spiro atoms. The molecule has 0 saturated carbocycles. The molecule has 150 valence electrons. The second-order valence-electron chi connectivity index (χ2n) is 7.37. The zero-order chi connectivity index (χ0) is 18.5. The van der Waals surface area contributed by atoms with Gasteiger partial charge in [0.2, 0.25) is 11.8 Å². The lowest BCUT2D eigenvalue weighted by Crippen LogP contribution is -2.45. The average Bonchev–Trinajstić information content (AvgIpc) is 3.03. The number of carbonyl (C=O) groups excluding carboxylic acids is 2. The van der Waals surface area contributed by atoms with E-state index >= 15 is 0 Å². The smallest absolute Gasteiger partial charge is 0.228 e. The molecule has 0 aromatic heterocycles. The van der Waals surface area contributed by atoms with Gasteiger partial charge in [0, 0.05) is 32.6 Å². The molecule has 1 aromatic rings. The normalized spacial score (nSPS) is 22.5. The minimum Gasteiger partial charge on any atom is -0.497 e. The first kappa shape index (κ1) is 21.5. The number of ether oxygens (including phenoxy) is 1. The van der Waals surface area contributed by atoms with Gasteiger partial charge in [-0.15, -0.1) is 12.4 Å². The van der Waals surface area contributed by atoms with Crippen molar-refractivity contribution in [1.29, 1.82) is 0 Å². The standard InChI is InChI=1S/C20H29N3O3.ClH/c1-21-11-16-4-3-9-22(13-16)20(25)17-10-19(24)23(14-17)12-15-5-7-18(26-2)8-6-15;/h5-8,16-17,21H,3-4,9-14H2,1-2H3;1H. The molecule has 3 rings (SSSR count). The second-order valence-corrected chi connectivity index (χ2v) is 7.37. The number of halogens is 1. The molecular weight excluding hydrogens is 366 g/mol. The van der Waals surface area contributed by atoms with E-state index in [0.717, 1.165) is 43.8 Å². The van der Waals surface area contributed by atoms with Crippen LogP contribution in [-0.4, -0.2) is 62.0 Å². The van der Waals surface area contributed by atoms with E-state index in [-0.39, 0.29) is 30.1 Å². The number of hydrogen-bond donors (Lipinski definition) is 1. The van der Waals surface area contributed by atoms with Crippen LogP contribution < -0.4 is 10.1 Å². The second kappa shape index (κ2) is 9.95. The van der Waals surface area contributed by atoms with Gasteiger partial charge in [0.05, 0.1) is 13.0 Å². The Hall–Kier alpha value is -1.79. The van der Waals surface area contributed by atoms with Crippen molar-refractivity contribution >= 4 is 24.2 Å². The highest BCUT2D eigenvalue weighted by atomic mass is 35.5. The molecule has 2 amide bonds. The number of nitrogens with one attached hydrogen (secondary N) is 1. The maximum atomic E-state index is 12.9. The predicted molar refractivity (Wildman–Crippen MR) is 107 cm³/mol. The fourth-order valence-electron chi connectivity index (χ4n) is 4.02. The van der Waals surface area contributed by atoms with Gasteiger partial charge in [-0.2, -0.15) is 0 Å². The molecule has 27 heavy (non-hydrogen) atoms. The van der Waals surface area contributed by atoms with Gasteiger partial charge in [-0.05, 0) is 50.0 Å². The highest BCUT2D eigenvalue weighted by Crippen LogP contribution is 2.25. The molecule has 1 N–H and O–H groups in total. The minimum absolute atomic E-state index is 0. The van der Waals surface area contributed by atoms with Crippen molar-refractivity contribution in [2.75, 3.05) is 40.3 Å². The molecule has 2 unspecified atom stereocenters. The maximum Gasteiger partial charge on any atom is 0.228 e. The molecule has 2 atom stereocenters. The van der Waals surface area contributed by atoms with Crippen LogP contribution in [0.3, 0.4) is 0 Å². The summed E-state index contributed by atoms with van der Waals surface area (Å²) in [4.78, 5) is 29.1. The van der Waals surface area contributed by atoms with Crippen LogP contribution in [0.25, 0.3) is 0 Å². The number of methoxy groups -OCH3 is 1. The van der Waals surface area contributed by atoms with Crippen LogP contribution in [0.1, 0.15) is 24.8 Å². The monoisotopic (exact) mass is 395 g/mol. The first-order valence-corrected chi connectivity index (χ1v) is 9.44. The minimum atomic E-state index is -0.200. The van der Waals surface area contributed by atoms with Crippen LogP contribution in [0.4, 0.5) is 0 Å². The Morgan fingerprint density at radius 3 is 2.67 bits per heavy atom. The Morgan fingerprint density at radius 2 is 2.00 bits per heavy atom. The van der Waals surface area contributed by atoms with Gasteiger partial charge < -0.3 is 19.9 Å². The highest BCUT2D eigenvalue weighted by molar-refractivity contribution is 5.89. The van der Waals surface area contributed by atoms with Gasteiger partial charge in [-0.25, -0.2) is 0 Å². The quantitative estimate of drug-likeness (QED) is 0.799. The summed E-state index contributed by atoms with van der Waals surface area (Å²) in [5.41, 5.74) is 1.05. The molecule has 1 aromatic carbocycles. The maximum absolute atomic E-state index is 12.9. The molecule has 7 heteroatoms. The van der Waals surface area contributed by atoms with Crippen LogP contribution in [0.5, 0.6) is 5.75 Å². The molecule has 6 nitrogen and oxygen atoms in total. The largest absolute Gasteiger partial charge is 0.497 e. The molecule has 2 aliphatic rings. The van der Waals surface area contributed by atoms with E-state index in [4.69, 9.17) is 4.74 Å². The van der Waals surface area contributed by atoms with E-state index in [2.05, 4.69) is 5.32 Å². The fraction of sp³-hybridized carbons (Fsp3) is 0.600. The summed E-state index contributed by atoms with van der Waals surface area (Å²) < 4.78 is 5.17. The van der Waals surface area contributed by atoms with E-state index < -0.39 is 0 Å². The molecule has 2 fully saturated rings. The van der Waals surface area contributed by atoms with Gasteiger partial charge >= 0.3 is 0 Å². The molecule has 0 aliphatic carbocycles. The van der Waals surface area contributed by atoms with Crippen molar-refractivity contribution in [2.45, 2.75) is 25.8 Å². The van der Waals surface area contributed by atoms with Gasteiger partial charge in [-0.1, -0.05) is 12.1 Å². The van der Waals surface area contributed by atoms with E-state index in [1.54, 1.807) is 12.0 Å². The van der Waals surface area contributed by atoms with Crippen LogP contribution in [0.15, 0.2) is 24.3 Å². The number of amides is 2. The predicted octanol–water partition coefficient (Wildman–Crippen LogP) is 1.92. The van der Waals surface area contributed by atoms with E-state index in [0.29, 0.717) is 25.4 Å². The van der Waals surface area contributed by atoms with Crippen LogP contribution in [0, 0.1) is 11.8 Å². The number of benzene rings is 1. The van der Waals surface area contributed by atoms with Gasteiger partial charge in [0.15, 0.2) is 0 Å². The number of likely N-dealkylation sites (tertiary alicyclic amines) is 2. The summed E-state index contributed by atoms with van der Waals surface area (Å²) in [5, 5.41) is 3.21. The van der Waals surface area contributed by atoms with Gasteiger partial charge in [-0.3, -0.25) is 9.59 Å². The number of carbonyl (C=O) groups is 2. The summed E-state index contributed by atoms with van der Waals surface area (Å²) in [6, 6.07) is 7.73. The van der Waals surface area contributed by atoms with E-state index in [1.807, 2.05) is 36.2 Å². The Morgan fingerprint density at radius 1 is 1.26 bits per heavy atom. The lowest BCUT2D eigenvalue weighted by atomic mass is 9.96. The Balaban J connectivity index is 0.00000261. The molecule has 0 bridgehead atoms. The fourth-order valence-corrected chi connectivity index (χ4v) is 4.02. The lowest BCUT2D eigenvalue weighted by Gasteiger charge is -2.34. The Kier molecular flexibility index (Phi) is 7.92. The summed E-state index contributed by atoms with van der Waals surface area (Å²) in [7, 11) is 3.59. The van der Waals surface area contributed by atoms with Crippen molar-refractivity contribution in [3.05, 3.63) is 29.8 Å².